The number of hydrogen-bond donors (Lipinski definition) is 0. The fourth-order valence-electron chi connectivity index (χ4n) is 3.82. The van der Waals surface area contributed by atoms with Gasteiger partial charge in [0.2, 0.25) is 10.0 Å². The molecule has 2 aliphatic heterocycles. The summed E-state index contributed by atoms with van der Waals surface area (Å²) in [5, 5.41) is 0. The van der Waals surface area contributed by atoms with Crippen molar-refractivity contribution < 1.29 is 27.1 Å². The van der Waals surface area contributed by atoms with E-state index in [4.69, 9.17) is 4.74 Å². The molecule has 1 atom stereocenters. The van der Waals surface area contributed by atoms with E-state index in [2.05, 4.69) is 0 Å². The maximum Gasteiger partial charge on any atom is 0.255 e. The number of methoxy groups -OCH3 is 1. The zero-order valence-corrected chi connectivity index (χ0v) is 16.3. The third-order valence-electron chi connectivity index (χ3n) is 5.49. The maximum atomic E-state index is 14.0. The van der Waals surface area contributed by atoms with Gasteiger partial charge in [0.15, 0.2) is 11.6 Å². The molecular weight excluding hydrogens is 389 g/mol. The number of rotatable bonds is 3. The summed E-state index contributed by atoms with van der Waals surface area (Å²) in [6.07, 6.45) is 1.37. The lowest BCUT2D eigenvalue weighted by Gasteiger charge is -2.39. The average molecular weight is 411 g/mol. The lowest BCUT2D eigenvalue weighted by atomic mass is 10.1. The molecule has 0 spiro atoms. The van der Waals surface area contributed by atoms with Crippen molar-refractivity contribution in [1.82, 2.24) is 14.1 Å². The maximum absolute atomic E-state index is 14.0. The first kappa shape index (κ1) is 19.1. The van der Waals surface area contributed by atoms with Crippen molar-refractivity contribution in [3.05, 3.63) is 29.6 Å². The third kappa shape index (κ3) is 3.35. The molecule has 8 nitrogen and oxygen atoms in total. The van der Waals surface area contributed by atoms with Crippen LogP contribution >= 0.6 is 0 Å². The molecule has 10 heteroatoms. The largest absolute Gasteiger partial charge is 0.494 e. The molecule has 3 aliphatic rings. The molecular formula is C18H22FN3O5S. The number of carbonyl (C=O) groups is 2. The summed E-state index contributed by atoms with van der Waals surface area (Å²) >= 11 is 0. The second-order valence-electron chi connectivity index (χ2n) is 7.33. The van der Waals surface area contributed by atoms with Gasteiger partial charge in [-0.15, -0.1) is 0 Å². The zero-order chi connectivity index (χ0) is 20.1. The number of benzene rings is 1. The second kappa shape index (κ2) is 7.00. The summed E-state index contributed by atoms with van der Waals surface area (Å²) in [5.41, 5.74) is 0.166. The van der Waals surface area contributed by atoms with E-state index in [9.17, 15) is 22.4 Å². The Balaban J connectivity index is 1.56. The fraction of sp³-hybridized carbons (Fsp3) is 0.556. The highest BCUT2D eigenvalue weighted by atomic mass is 32.2. The molecule has 0 radical (unpaired) electrons. The molecule has 4 rings (SSSR count). The smallest absolute Gasteiger partial charge is 0.255 e. The molecule has 2 amide bonds. The summed E-state index contributed by atoms with van der Waals surface area (Å²) in [4.78, 5) is 29.2. The van der Waals surface area contributed by atoms with Crippen molar-refractivity contribution in [3.8, 4) is 5.75 Å². The monoisotopic (exact) mass is 411 g/mol. The van der Waals surface area contributed by atoms with E-state index in [0.29, 0.717) is 25.9 Å². The molecule has 1 aliphatic carbocycles. The van der Waals surface area contributed by atoms with E-state index in [1.54, 1.807) is 0 Å². The minimum atomic E-state index is -3.63. The lowest BCUT2D eigenvalue weighted by molar-refractivity contribution is -0.133. The number of piperazine rings is 1. The van der Waals surface area contributed by atoms with Crippen LogP contribution in [0.5, 0.6) is 5.75 Å². The Bertz CT molecular complexity index is 918. The van der Waals surface area contributed by atoms with Gasteiger partial charge >= 0.3 is 0 Å². The van der Waals surface area contributed by atoms with Crippen molar-refractivity contribution in [2.24, 2.45) is 0 Å². The first-order valence-corrected chi connectivity index (χ1v) is 10.9. The van der Waals surface area contributed by atoms with Crippen LogP contribution in [0, 0.1) is 5.82 Å². The van der Waals surface area contributed by atoms with E-state index >= 15 is 0 Å². The van der Waals surface area contributed by atoms with E-state index in [-0.39, 0.29) is 42.1 Å². The number of carbonyl (C=O) groups excluding carboxylic acids is 2. The Hall–Kier alpha value is -2.20. The molecule has 1 saturated carbocycles. The van der Waals surface area contributed by atoms with Crippen LogP contribution in [0.3, 0.4) is 0 Å². The van der Waals surface area contributed by atoms with E-state index in [1.807, 2.05) is 4.90 Å². The highest BCUT2D eigenvalue weighted by Crippen LogP contribution is 2.33. The van der Waals surface area contributed by atoms with Gasteiger partial charge in [0, 0.05) is 37.8 Å². The van der Waals surface area contributed by atoms with Gasteiger partial charge in [0.05, 0.1) is 12.9 Å². The molecule has 28 heavy (non-hydrogen) atoms. The number of sulfonamides is 1. The van der Waals surface area contributed by atoms with Crippen LogP contribution in [0.25, 0.3) is 0 Å². The van der Waals surface area contributed by atoms with Gasteiger partial charge in [-0.1, -0.05) is 0 Å². The van der Waals surface area contributed by atoms with Gasteiger partial charge in [-0.05, 0) is 31.0 Å². The van der Waals surface area contributed by atoms with Crippen LogP contribution in [-0.4, -0.2) is 85.5 Å². The topological polar surface area (TPSA) is 87.2 Å². The fourth-order valence-corrected chi connectivity index (χ4v) is 5.54. The van der Waals surface area contributed by atoms with Gasteiger partial charge in [0.25, 0.3) is 11.8 Å². The van der Waals surface area contributed by atoms with Crippen LogP contribution in [0.1, 0.15) is 23.2 Å². The number of ether oxygens (including phenoxy) is 1. The predicted molar refractivity (Wildman–Crippen MR) is 97.9 cm³/mol. The molecule has 1 unspecified atom stereocenters. The van der Waals surface area contributed by atoms with Crippen molar-refractivity contribution >= 4 is 21.8 Å². The molecule has 152 valence electrons. The summed E-state index contributed by atoms with van der Waals surface area (Å²) in [6.45, 7) is 1.10. The van der Waals surface area contributed by atoms with Gasteiger partial charge < -0.3 is 9.64 Å². The molecule has 0 bridgehead atoms. The average Bonchev–Trinajstić information content (AvgIpc) is 3.50. The zero-order valence-electron chi connectivity index (χ0n) is 15.5. The number of nitrogens with zero attached hydrogens (tertiary/aromatic N) is 3. The van der Waals surface area contributed by atoms with Crippen molar-refractivity contribution in [2.45, 2.75) is 24.9 Å². The van der Waals surface area contributed by atoms with E-state index < -0.39 is 27.8 Å². The van der Waals surface area contributed by atoms with Crippen molar-refractivity contribution in [1.29, 1.82) is 0 Å². The van der Waals surface area contributed by atoms with Gasteiger partial charge in [-0.3, -0.25) is 14.5 Å². The number of halogens is 1. The van der Waals surface area contributed by atoms with Crippen molar-refractivity contribution in [2.75, 3.05) is 39.0 Å². The number of hydrogen-bond acceptors (Lipinski definition) is 6. The van der Waals surface area contributed by atoms with Crippen molar-refractivity contribution in [3.63, 3.8) is 0 Å². The van der Waals surface area contributed by atoms with E-state index in [0.717, 1.165) is 10.4 Å². The molecule has 1 aromatic rings. The first-order valence-electron chi connectivity index (χ1n) is 9.24. The Morgan fingerprint density at radius 2 is 1.96 bits per heavy atom. The normalized spacial score (nSPS) is 25.2. The quantitative estimate of drug-likeness (QED) is 0.711. The Morgan fingerprint density at radius 3 is 2.61 bits per heavy atom. The molecule has 0 aromatic heterocycles. The summed E-state index contributed by atoms with van der Waals surface area (Å²) in [6, 6.07) is 3.03. The minimum absolute atomic E-state index is 0.0468. The standard InChI is InChI=1S/C18H22FN3O5S/c1-27-16-5-2-12(10-14(16)19)17(23)21-7-6-20-8-9-28(25,26)22(13-3-4-13)18(24)15(20)11-21/h2,5,10,13,15H,3-4,6-9,11H2,1H3. The number of fused-ring (bicyclic) bond motifs is 1. The Kier molecular flexibility index (Phi) is 4.78. The first-order chi connectivity index (χ1) is 13.3. The molecule has 1 aromatic carbocycles. The van der Waals surface area contributed by atoms with Crippen LogP contribution in [-0.2, 0) is 14.8 Å². The Morgan fingerprint density at radius 1 is 1.21 bits per heavy atom. The summed E-state index contributed by atoms with van der Waals surface area (Å²) in [7, 11) is -2.29. The van der Waals surface area contributed by atoms with Gasteiger partial charge in [0.1, 0.15) is 6.04 Å². The highest BCUT2D eigenvalue weighted by molar-refractivity contribution is 7.89. The van der Waals surface area contributed by atoms with Crippen LogP contribution in [0.4, 0.5) is 4.39 Å². The van der Waals surface area contributed by atoms with Crippen LogP contribution in [0.2, 0.25) is 0 Å². The molecule has 2 heterocycles. The Labute approximate surface area is 162 Å². The number of amides is 2. The highest BCUT2D eigenvalue weighted by Gasteiger charge is 2.48. The van der Waals surface area contributed by atoms with Crippen LogP contribution < -0.4 is 4.74 Å². The lowest BCUT2D eigenvalue weighted by Crippen LogP contribution is -2.59. The third-order valence-corrected chi connectivity index (χ3v) is 7.27. The second-order valence-corrected chi connectivity index (χ2v) is 9.30. The molecule has 2 saturated heterocycles. The predicted octanol–water partition coefficient (Wildman–Crippen LogP) is 0.295. The summed E-state index contributed by atoms with van der Waals surface area (Å²) in [5.74, 6) is -1.53. The SMILES string of the molecule is COc1ccc(C(=O)N2CCN3CCS(=O)(=O)N(C4CC4)C(=O)C3C2)cc1F. The summed E-state index contributed by atoms with van der Waals surface area (Å²) < 4.78 is 44.9. The van der Waals surface area contributed by atoms with Gasteiger partial charge in [-0.2, -0.15) is 0 Å². The van der Waals surface area contributed by atoms with Gasteiger partial charge in [-0.25, -0.2) is 17.1 Å². The molecule has 3 fully saturated rings. The molecule has 0 N–H and O–H groups in total. The van der Waals surface area contributed by atoms with E-state index in [1.165, 1.54) is 24.1 Å². The van der Waals surface area contributed by atoms with Crippen LogP contribution in [0.15, 0.2) is 18.2 Å². The minimum Gasteiger partial charge on any atom is -0.494 e.